The number of carbonyl (C=O) groups excluding carboxylic acids is 4. The van der Waals surface area contributed by atoms with Gasteiger partial charge >= 0.3 is 11.9 Å². The van der Waals surface area contributed by atoms with Gasteiger partial charge in [-0.1, -0.05) is 6.42 Å². The zero-order chi connectivity index (χ0) is 17.5. The topological polar surface area (TPSA) is 111 Å². The molecule has 0 aromatic carbocycles. The van der Waals surface area contributed by atoms with Crippen LogP contribution in [-0.4, -0.2) is 43.1 Å². The summed E-state index contributed by atoms with van der Waals surface area (Å²) < 4.78 is 10.3. The van der Waals surface area contributed by atoms with Gasteiger partial charge in [0.2, 0.25) is 11.8 Å². The second-order valence-corrected chi connectivity index (χ2v) is 6.52. The number of amides is 2. The van der Waals surface area contributed by atoms with E-state index in [2.05, 4.69) is 10.6 Å². The van der Waals surface area contributed by atoms with Crippen LogP contribution in [0.4, 0.5) is 0 Å². The maximum Gasteiger partial charge on any atom is 0.321 e. The van der Waals surface area contributed by atoms with E-state index in [1.165, 1.54) is 0 Å². The molecule has 2 heterocycles. The molecule has 3 aliphatic rings. The van der Waals surface area contributed by atoms with Gasteiger partial charge in [0.1, 0.15) is 6.17 Å². The summed E-state index contributed by atoms with van der Waals surface area (Å²) in [5.41, 5.74) is -3.01. The fourth-order valence-electron chi connectivity index (χ4n) is 4.52. The fraction of sp³-hybridized carbons (Fsp3) is 0.750. The zero-order valence-electron chi connectivity index (χ0n) is 13.8. The normalized spacial score (nSPS) is 37.1. The highest BCUT2D eigenvalue weighted by atomic mass is 16.5. The highest BCUT2D eigenvalue weighted by molar-refractivity contribution is 6.11. The Morgan fingerprint density at radius 1 is 1.00 bits per heavy atom. The van der Waals surface area contributed by atoms with Crippen molar-refractivity contribution in [3.63, 3.8) is 0 Å². The molecule has 2 unspecified atom stereocenters. The predicted molar refractivity (Wildman–Crippen MR) is 80.2 cm³/mol. The first-order valence-electron chi connectivity index (χ1n) is 8.39. The maximum atomic E-state index is 12.8. The fourth-order valence-corrected chi connectivity index (χ4v) is 4.52. The summed E-state index contributed by atoms with van der Waals surface area (Å²) in [5.74, 6) is -3.02. The Bertz CT molecular complexity index is 537. The highest BCUT2D eigenvalue weighted by Crippen LogP contribution is 2.58. The largest absolute Gasteiger partial charge is 0.465 e. The smallest absolute Gasteiger partial charge is 0.321 e. The molecule has 2 amide bonds. The van der Waals surface area contributed by atoms with E-state index in [1.54, 1.807) is 13.8 Å². The molecule has 132 valence electrons. The molecule has 2 saturated heterocycles. The highest BCUT2D eigenvalue weighted by Gasteiger charge is 2.72. The minimum absolute atomic E-state index is 0.128. The Labute approximate surface area is 139 Å². The minimum atomic E-state index is -1.50. The summed E-state index contributed by atoms with van der Waals surface area (Å²) in [6, 6.07) is 0. The molecule has 2 N–H and O–H groups in total. The van der Waals surface area contributed by atoms with Gasteiger partial charge in [0.05, 0.1) is 13.2 Å². The summed E-state index contributed by atoms with van der Waals surface area (Å²) in [7, 11) is 0. The predicted octanol–water partition coefficient (Wildman–Crippen LogP) is -0.139. The molecule has 2 bridgehead atoms. The number of carbonyl (C=O) groups is 4. The van der Waals surface area contributed by atoms with Crippen LogP contribution in [0.2, 0.25) is 0 Å². The van der Waals surface area contributed by atoms with Crippen LogP contribution in [0, 0.1) is 16.7 Å². The van der Waals surface area contributed by atoms with E-state index in [1.807, 2.05) is 0 Å². The van der Waals surface area contributed by atoms with Gasteiger partial charge in [-0.25, -0.2) is 0 Å². The molecule has 2 atom stereocenters. The summed E-state index contributed by atoms with van der Waals surface area (Å²) >= 11 is 0. The van der Waals surface area contributed by atoms with E-state index < -0.39 is 46.7 Å². The van der Waals surface area contributed by atoms with Gasteiger partial charge in [-0.15, -0.1) is 0 Å². The quantitative estimate of drug-likeness (QED) is 0.545. The van der Waals surface area contributed by atoms with E-state index in [0.717, 1.165) is 0 Å². The Morgan fingerprint density at radius 3 is 1.88 bits per heavy atom. The molecule has 8 nitrogen and oxygen atoms in total. The third kappa shape index (κ3) is 1.98. The lowest BCUT2D eigenvalue weighted by Gasteiger charge is -2.56. The van der Waals surface area contributed by atoms with Crippen molar-refractivity contribution < 1.29 is 28.7 Å². The van der Waals surface area contributed by atoms with Gasteiger partial charge in [0, 0.05) is 5.92 Å². The van der Waals surface area contributed by atoms with Gasteiger partial charge in [-0.05, 0) is 33.1 Å². The molecule has 3 rings (SSSR count). The second kappa shape index (κ2) is 5.75. The number of esters is 2. The van der Waals surface area contributed by atoms with Crippen molar-refractivity contribution in [3.05, 3.63) is 0 Å². The summed E-state index contributed by atoms with van der Waals surface area (Å²) in [5, 5.41) is 5.36. The molecule has 1 saturated carbocycles. The van der Waals surface area contributed by atoms with Crippen molar-refractivity contribution in [2.45, 2.75) is 45.7 Å². The van der Waals surface area contributed by atoms with Crippen LogP contribution < -0.4 is 10.6 Å². The monoisotopic (exact) mass is 338 g/mol. The Balaban J connectivity index is 2.13. The molecule has 24 heavy (non-hydrogen) atoms. The summed E-state index contributed by atoms with van der Waals surface area (Å²) in [6.45, 7) is 3.57. The Morgan fingerprint density at radius 2 is 1.46 bits per heavy atom. The van der Waals surface area contributed by atoms with Crippen molar-refractivity contribution in [2.24, 2.45) is 16.7 Å². The van der Waals surface area contributed by atoms with Crippen LogP contribution >= 0.6 is 0 Å². The van der Waals surface area contributed by atoms with Crippen LogP contribution in [0.5, 0.6) is 0 Å². The van der Waals surface area contributed by atoms with Crippen LogP contribution in [0.25, 0.3) is 0 Å². The third-order valence-corrected chi connectivity index (χ3v) is 5.50. The average molecular weight is 338 g/mol. The van der Waals surface area contributed by atoms with E-state index in [0.29, 0.717) is 12.8 Å². The lowest BCUT2D eigenvalue weighted by atomic mass is 9.49. The Kier molecular flexibility index (Phi) is 4.01. The number of ether oxygens (including phenoxy) is 2. The van der Waals surface area contributed by atoms with Gasteiger partial charge in [-0.2, -0.15) is 0 Å². The maximum absolute atomic E-state index is 12.8. The number of piperidine rings is 2. The first kappa shape index (κ1) is 16.7. The van der Waals surface area contributed by atoms with E-state index in [4.69, 9.17) is 9.47 Å². The van der Waals surface area contributed by atoms with Crippen molar-refractivity contribution in [3.8, 4) is 0 Å². The van der Waals surface area contributed by atoms with Gasteiger partial charge < -0.3 is 20.1 Å². The molecule has 0 aromatic rings. The van der Waals surface area contributed by atoms with Crippen LogP contribution in [0.15, 0.2) is 0 Å². The minimum Gasteiger partial charge on any atom is -0.465 e. The number of hydrogen-bond donors (Lipinski definition) is 2. The third-order valence-electron chi connectivity index (χ3n) is 5.50. The van der Waals surface area contributed by atoms with Gasteiger partial charge in [0.15, 0.2) is 10.8 Å². The van der Waals surface area contributed by atoms with E-state index >= 15 is 0 Å². The first-order valence-corrected chi connectivity index (χ1v) is 8.39. The average Bonchev–Trinajstić information content (AvgIpc) is 2.54. The van der Waals surface area contributed by atoms with Crippen LogP contribution in [0.1, 0.15) is 39.5 Å². The molecule has 2 aliphatic heterocycles. The molecule has 0 radical (unpaired) electrons. The summed E-state index contributed by atoms with van der Waals surface area (Å²) in [6.07, 6.45) is 0.667. The number of hydrogen-bond acceptors (Lipinski definition) is 6. The summed E-state index contributed by atoms with van der Waals surface area (Å²) in [4.78, 5) is 50.9. The molecule has 0 spiro atoms. The Hall–Kier alpha value is -2.12. The number of nitrogens with one attached hydrogen (secondary N) is 2. The molecule has 3 fully saturated rings. The van der Waals surface area contributed by atoms with E-state index in [-0.39, 0.29) is 26.1 Å². The number of fused-ring (bicyclic) bond motifs is 1. The van der Waals surface area contributed by atoms with Crippen molar-refractivity contribution in [1.82, 2.24) is 10.6 Å². The first-order chi connectivity index (χ1) is 11.4. The van der Waals surface area contributed by atoms with Crippen LogP contribution in [0.3, 0.4) is 0 Å². The van der Waals surface area contributed by atoms with Crippen molar-refractivity contribution >= 4 is 23.8 Å². The molecule has 1 aliphatic carbocycles. The molecular weight excluding hydrogens is 316 g/mol. The number of rotatable bonds is 4. The van der Waals surface area contributed by atoms with E-state index in [9.17, 15) is 19.2 Å². The lowest BCUT2D eigenvalue weighted by Crippen LogP contribution is -2.76. The zero-order valence-corrected chi connectivity index (χ0v) is 13.8. The van der Waals surface area contributed by atoms with Gasteiger partial charge in [-0.3, -0.25) is 19.2 Å². The van der Waals surface area contributed by atoms with Crippen molar-refractivity contribution in [2.75, 3.05) is 13.2 Å². The molecular formula is C16H22N2O6. The van der Waals surface area contributed by atoms with Crippen LogP contribution in [-0.2, 0) is 28.7 Å². The second-order valence-electron chi connectivity index (χ2n) is 6.52. The van der Waals surface area contributed by atoms with Gasteiger partial charge in [0.25, 0.3) is 0 Å². The van der Waals surface area contributed by atoms with Crippen molar-refractivity contribution in [1.29, 1.82) is 0 Å². The molecule has 0 aromatic heterocycles. The molecule has 8 heteroatoms. The standard InChI is InChI=1S/C16H22N2O6/c1-3-23-13(21)15-6-5-7-16(14(22)24-4-2)9(15)8-10(17-11(15)19)18-12(16)20/h9-10H,3-8H2,1-2H3,(H,17,19)(H,18,20). The lowest BCUT2D eigenvalue weighted by molar-refractivity contribution is -0.196. The SMILES string of the molecule is CCOC(=O)C12CCCC3(C(=O)OCC)C(=O)NC(CC13)NC2=O.